The molecule has 0 radical (unpaired) electrons. The minimum atomic E-state index is 0.322. The lowest BCUT2D eigenvalue weighted by molar-refractivity contribution is 0.123. The fraction of sp³-hybridized carbons (Fsp3) is 0.471. The maximum atomic E-state index is 6.24. The molecule has 1 heterocycles. The molecule has 2 N–H and O–H groups in total. The van der Waals surface area contributed by atoms with Gasteiger partial charge < -0.3 is 10.5 Å². The second-order valence-corrected chi connectivity index (χ2v) is 5.73. The Morgan fingerprint density at radius 3 is 3.05 bits per heavy atom. The van der Waals surface area contributed by atoms with Crippen molar-refractivity contribution in [3.8, 4) is 5.75 Å². The summed E-state index contributed by atoms with van der Waals surface area (Å²) in [5, 5.41) is 0.979. The van der Waals surface area contributed by atoms with E-state index < -0.39 is 0 Å². The zero-order chi connectivity index (χ0) is 13.9. The molecule has 2 aromatic rings. The molecule has 106 valence electrons. The van der Waals surface area contributed by atoms with Crippen LogP contribution in [0.25, 0.3) is 10.9 Å². The summed E-state index contributed by atoms with van der Waals surface area (Å²) in [5.41, 5.74) is 7.65. The van der Waals surface area contributed by atoms with E-state index in [4.69, 9.17) is 10.5 Å². The van der Waals surface area contributed by atoms with Crippen LogP contribution in [0.15, 0.2) is 30.5 Å². The molecule has 1 aromatic carbocycles. The Hall–Kier alpha value is -1.77. The Bertz CT molecular complexity index is 597. The molecule has 1 fully saturated rings. The van der Waals surface area contributed by atoms with Crippen molar-refractivity contribution in [1.29, 1.82) is 0 Å². The lowest BCUT2D eigenvalue weighted by Crippen LogP contribution is -2.25. The van der Waals surface area contributed by atoms with E-state index in [9.17, 15) is 0 Å². The van der Waals surface area contributed by atoms with Crippen LogP contribution in [0.5, 0.6) is 5.75 Å². The number of fused-ring (bicyclic) bond motifs is 1. The number of nitrogens with two attached hydrogens (primary N) is 1. The van der Waals surface area contributed by atoms with E-state index in [-0.39, 0.29) is 0 Å². The van der Waals surface area contributed by atoms with E-state index in [1.54, 1.807) is 6.20 Å². The number of aromatic nitrogens is 1. The topological polar surface area (TPSA) is 48.1 Å². The first-order valence-corrected chi connectivity index (χ1v) is 7.57. The smallest absolute Gasteiger partial charge is 0.146 e. The van der Waals surface area contributed by atoms with Crippen LogP contribution in [-0.4, -0.2) is 11.1 Å². The maximum Gasteiger partial charge on any atom is 0.146 e. The summed E-state index contributed by atoms with van der Waals surface area (Å²) in [6.07, 6.45) is 8.29. The highest BCUT2D eigenvalue weighted by Gasteiger charge is 2.22. The van der Waals surface area contributed by atoms with Crippen LogP contribution in [0.2, 0.25) is 0 Å². The van der Waals surface area contributed by atoms with Crippen molar-refractivity contribution in [2.75, 3.05) is 5.73 Å². The van der Waals surface area contributed by atoms with E-state index in [0.29, 0.717) is 6.10 Å². The molecule has 1 saturated carbocycles. The number of anilines is 1. The molecule has 0 saturated heterocycles. The highest BCUT2D eigenvalue weighted by Crippen LogP contribution is 2.33. The van der Waals surface area contributed by atoms with Crippen molar-refractivity contribution in [2.45, 2.75) is 45.1 Å². The molecule has 0 amide bonds. The molecule has 2 atom stereocenters. The molecular formula is C17H22N2O. The van der Waals surface area contributed by atoms with Crippen LogP contribution in [0.4, 0.5) is 5.69 Å². The lowest BCUT2D eigenvalue weighted by atomic mass is 9.85. The summed E-state index contributed by atoms with van der Waals surface area (Å²) >= 11 is 0. The van der Waals surface area contributed by atoms with E-state index in [2.05, 4.69) is 11.9 Å². The first-order chi connectivity index (χ1) is 9.78. The van der Waals surface area contributed by atoms with Gasteiger partial charge in [0.15, 0.2) is 0 Å². The van der Waals surface area contributed by atoms with E-state index in [1.807, 2.05) is 24.3 Å². The summed E-state index contributed by atoms with van der Waals surface area (Å²) in [7, 11) is 0. The summed E-state index contributed by atoms with van der Waals surface area (Å²) < 4.78 is 6.24. The van der Waals surface area contributed by atoms with Gasteiger partial charge in [-0.3, -0.25) is 4.98 Å². The number of benzene rings is 1. The lowest BCUT2D eigenvalue weighted by Gasteiger charge is -2.29. The number of pyridine rings is 1. The molecule has 2 unspecified atom stereocenters. The van der Waals surface area contributed by atoms with Crippen LogP contribution in [0, 0.1) is 5.92 Å². The Labute approximate surface area is 120 Å². The predicted molar refractivity (Wildman–Crippen MR) is 82.8 cm³/mol. The Kier molecular flexibility index (Phi) is 3.77. The number of hydrogen-bond donors (Lipinski definition) is 1. The molecule has 0 spiro atoms. The third-order valence-electron chi connectivity index (χ3n) is 4.37. The van der Waals surface area contributed by atoms with Gasteiger partial charge in [0.25, 0.3) is 0 Å². The molecule has 20 heavy (non-hydrogen) atoms. The number of rotatable bonds is 3. The van der Waals surface area contributed by atoms with Crippen molar-refractivity contribution < 1.29 is 4.74 Å². The molecular weight excluding hydrogens is 248 g/mol. The van der Waals surface area contributed by atoms with Gasteiger partial charge in [-0.2, -0.15) is 0 Å². The van der Waals surface area contributed by atoms with Crippen LogP contribution in [0.3, 0.4) is 0 Å². The maximum absolute atomic E-state index is 6.24. The van der Waals surface area contributed by atoms with E-state index in [1.165, 1.54) is 19.3 Å². The summed E-state index contributed by atoms with van der Waals surface area (Å²) in [6, 6.07) is 7.79. The van der Waals surface area contributed by atoms with Gasteiger partial charge in [0.05, 0.1) is 6.10 Å². The van der Waals surface area contributed by atoms with E-state index in [0.717, 1.165) is 41.1 Å². The third kappa shape index (κ3) is 2.58. The van der Waals surface area contributed by atoms with Crippen molar-refractivity contribution in [3.05, 3.63) is 30.5 Å². The largest absolute Gasteiger partial charge is 0.488 e. The number of hydrogen-bond acceptors (Lipinski definition) is 3. The predicted octanol–water partition coefficient (Wildman–Crippen LogP) is 4.16. The Morgan fingerprint density at radius 1 is 1.30 bits per heavy atom. The SMILES string of the molecule is CCC1CCCC(Oc2ccc(N)c3cccnc23)C1. The van der Waals surface area contributed by atoms with Crippen LogP contribution in [-0.2, 0) is 0 Å². The van der Waals surface area contributed by atoms with Gasteiger partial charge in [-0.1, -0.05) is 19.8 Å². The third-order valence-corrected chi connectivity index (χ3v) is 4.37. The monoisotopic (exact) mass is 270 g/mol. The van der Waals surface area contributed by atoms with Crippen molar-refractivity contribution >= 4 is 16.6 Å². The molecule has 1 aliphatic carbocycles. The normalized spacial score (nSPS) is 22.9. The number of nitrogens with zero attached hydrogens (tertiary/aromatic N) is 1. The molecule has 3 rings (SSSR count). The van der Waals surface area contributed by atoms with E-state index >= 15 is 0 Å². The van der Waals surface area contributed by atoms with Crippen LogP contribution >= 0.6 is 0 Å². The molecule has 1 aromatic heterocycles. The van der Waals surface area contributed by atoms with Gasteiger partial charge in [0.1, 0.15) is 11.3 Å². The zero-order valence-corrected chi connectivity index (χ0v) is 12.0. The minimum Gasteiger partial charge on any atom is -0.488 e. The Morgan fingerprint density at radius 2 is 2.20 bits per heavy atom. The molecule has 1 aliphatic rings. The second-order valence-electron chi connectivity index (χ2n) is 5.73. The van der Waals surface area contributed by atoms with Gasteiger partial charge in [-0.25, -0.2) is 0 Å². The van der Waals surface area contributed by atoms with Crippen LogP contribution in [0.1, 0.15) is 39.0 Å². The highest BCUT2D eigenvalue weighted by molar-refractivity contribution is 5.94. The first kappa shape index (κ1) is 13.2. The molecule has 3 nitrogen and oxygen atoms in total. The van der Waals surface area contributed by atoms with Crippen molar-refractivity contribution in [2.24, 2.45) is 5.92 Å². The van der Waals surface area contributed by atoms with Gasteiger partial charge >= 0.3 is 0 Å². The fourth-order valence-corrected chi connectivity index (χ4v) is 3.16. The zero-order valence-electron chi connectivity index (χ0n) is 12.0. The highest BCUT2D eigenvalue weighted by atomic mass is 16.5. The number of nitrogen functional groups attached to an aromatic ring is 1. The first-order valence-electron chi connectivity index (χ1n) is 7.57. The van der Waals surface area contributed by atoms with Crippen molar-refractivity contribution in [1.82, 2.24) is 4.98 Å². The average molecular weight is 270 g/mol. The second kappa shape index (κ2) is 5.70. The van der Waals surface area contributed by atoms with Crippen LogP contribution < -0.4 is 10.5 Å². The Balaban J connectivity index is 1.86. The molecule has 0 aliphatic heterocycles. The summed E-state index contributed by atoms with van der Waals surface area (Å²) in [6.45, 7) is 2.27. The van der Waals surface area contributed by atoms with Gasteiger partial charge in [-0.05, 0) is 49.4 Å². The summed E-state index contributed by atoms with van der Waals surface area (Å²) in [5.74, 6) is 1.68. The summed E-state index contributed by atoms with van der Waals surface area (Å²) in [4.78, 5) is 4.44. The standard InChI is InChI=1S/C17H22N2O/c1-2-12-5-3-6-13(11-12)20-16-9-8-15(18)14-7-4-10-19-17(14)16/h4,7-10,12-13H,2-3,5-6,11,18H2,1H3. The number of ether oxygens (including phenoxy) is 1. The van der Waals surface area contributed by atoms with Gasteiger partial charge in [0, 0.05) is 17.3 Å². The fourth-order valence-electron chi connectivity index (χ4n) is 3.16. The van der Waals surface area contributed by atoms with Gasteiger partial charge in [-0.15, -0.1) is 0 Å². The molecule has 3 heteroatoms. The van der Waals surface area contributed by atoms with Gasteiger partial charge in [0.2, 0.25) is 0 Å². The average Bonchev–Trinajstić information content (AvgIpc) is 2.51. The van der Waals surface area contributed by atoms with Crippen molar-refractivity contribution in [3.63, 3.8) is 0 Å². The molecule has 0 bridgehead atoms. The quantitative estimate of drug-likeness (QED) is 0.852. The minimum absolute atomic E-state index is 0.322.